The number of aliphatic hydroxyl groups excluding tert-OH is 2. The predicted octanol–water partition coefficient (Wildman–Crippen LogP) is 7.86. The third-order valence-corrected chi connectivity index (χ3v) is 12.0. The first-order chi connectivity index (χ1) is 29.3. The number of rotatable bonds is 18. The van der Waals surface area contributed by atoms with Crippen LogP contribution < -0.4 is 19.8 Å². The maximum Gasteiger partial charge on any atom is 0.200 e. The molecule has 4 aromatic carbocycles. The SMILES string of the molecule is COc1cc(CC[C@@H](O)[C@H](C(=O)CCc2cc(O)c(O)c(OCC(C)C)c2)[C@@]2(c3ccnc(Nc4ccc5cc(O)ccc5c4)c3)CC[C@H](O)[C@H]2Cc2ccc[n-]2)ccc1O. The van der Waals surface area contributed by atoms with Crippen molar-refractivity contribution in [1.29, 1.82) is 0 Å². The number of phenolic OH excluding ortho intramolecular Hbond substituents is 4. The number of aryl methyl sites for hydroxylation is 2. The van der Waals surface area contributed by atoms with Crippen molar-refractivity contribution < 1.29 is 44.9 Å². The quantitative estimate of drug-likeness (QED) is 0.0415. The number of aromatic hydroxyl groups is 4. The molecule has 7 N–H and O–H groups in total. The van der Waals surface area contributed by atoms with Crippen LogP contribution >= 0.6 is 0 Å². The number of nitrogens with zero attached hydrogens (tertiary/aromatic N) is 2. The van der Waals surface area contributed by atoms with E-state index in [1.807, 2.05) is 62.4 Å². The summed E-state index contributed by atoms with van der Waals surface area (Å²) in [5.74, 6) is -1.25. The molecule has 12 heteroatoms. The topological polar surface area (TPSA) is 196 Å². The molecule has 12 nitrogen and oxygen atoms in total. The zero-order chi connectivity index (χ0) is 43.3. The first-order valence-corrected chi connectivity index (χ1v) is 20.8. The van der Waals surface area contributed by atoms with Gasteiger partial charge in [-0.2, -0.15) is 11.9 Å². The monoisotopic (exact) mass is 828 g/mol. The number of aliphatic hydroxyl groups is 2. The van der Waals surface area contributed by atoms with E-state index in [0.29, 0.717) is 49.4 Å². The average molecular weight is 829 g/mol. The molecule has 0 radical (unpaired) electrons. The van der Waals surface area contributed by atoms with E-state index in [0.717, 1.165) is 33.3 Å². The van der Waals surface area contributed by atoms with Gasteiger partial charge >= 0.3 is 0 Å². The van der Waals surface area contributed by atoms with Crippen molar-refractivity contribution in [2.45, 2.75) is 76.4 Å². The van der Waals surface area contributed by atoms with Gasteiger partial charge in [-0.15, -0.1) is 0 Å². The van der Waals surface area contributed by atoms with Crippen LogP contribution in [0.5, 0.6) is 34.5 Å². The van der Waals surface area contributed by atoms with Crippen LogP contribution in [0.1, 0.15) is 61.9 Å². The Bertz CT molecular complexity index is 2450. The lowest BCUT2D eigenvalue weighted by Crippen LogP contribution is -2.51. The van der Waals surface area contributed by atoms with E-state index in [9.17, 15) is 30.6 Å². The molecule has 5 atom stereocenters. The molecule has 1 fully saturated rings. The Balaban J connectivity index is 1.29. The summed E-state index contributed by atoms with van der Waals surface area (Å²) < 4.78 is 11.2. The van der Waals surface area contributed by atoms with Crippen LogP contribution in [-0.4, -0.2) is 67.3 Å². The molecule has 0 spiro atoms. The molecule has 1 saturated carbocycles. The van der Waals surface area contributed by atoms with Crippen molar-refractivity contribution >= 4 is 28.1 Å². The minimum atomic E-state index is -1.19. The number of benzene rings is 4. The molecule has 1 aliphatic carbocycles. The molecule has 0 unspecified atom stereocenters. The summed E-state index contributed by atoms with van der Waals surface area (Å²) in [6.07, 6.45) is 3.18. The van der Waals surface area contributed by atoms with Crippen molar-refractivity contribution in [3.63, 3.8) is 0 Å². The highest BCUT2D eigenvalue weighted by Crippen LogP contribution is 2.54. The zero-order valence-electron chi connectivity index (χ0n) is 34.7. The van der Waals surface area contributed by atoms with Crippen LogP contribution in [-0.2, 0) is 29.5 Å². The number of ketones is 1. The van der Waals surface area contributed by atoms with Crippen LogP contribution in [0.15, 0.2) is 103 Å². The highest BCUT2D eigenvalue weighted by molar-refractivity contribution is 5.87. The number of carbonyl (C=O) groups is 1. The third-order valence-electron chi connectivity index (χ3n) is 12.0. The summed E-state index contributed by atoms with van der Waals surface area (Å²) in [5.41, 5.74) is 2.53. The van der Waals surface area contributed by atoms with Gasteiger partial charge in [0.15, 0.2) is 23.0 Å². The van der Waals surface area contributed by atoms with Gasteiger partial charge in [0.25, 0.3) is 0 Å². The number of nitrogens with one attached hydrogen (secondary N) is 1. The van der Waals surface area contributed by atoms with E-state index < -0.39 is 29.5 Å². The summed E-state index contributed by atoms with van der Waals surface area (Å²) in [6.45, 7) is 4.26. The average Bonchev–Trinajstić information content (AvgIpc) is 3.88. The second-order valence-corrected chi connectivity index (χ2v) is 16.6. The molecular weight excluding hydrogens is 775 g/mol. The Kier molecular flexibility index (Phi) is 13.1. The number of methoxy groups -OCH3 is 1. The van der Waals surface area contributed by atoms with Crippen molar-refractivity contribution in [1.82, 2.24) is 9.97 Å². The van der Waals surface area contributed by atoms with Crippen molar-refractivity contribution in [3.05, 3.63) is 126 Å². The number of anilines is 2. The molecule has 320 valence electrons. The highest BCUT2D eigenvalue weighted by Gasteiger charge is 2.57. The van der Waals surface area contributed by atoms with Gasteiger partial charge < -0.3 is 50.4 Å². The van der Waals surface area contributed by atoms with Crippen LogP contribution in [0.4, 0.5) is 11.5 Å². The van der Waals surface area contributed by atoms with Gasteiger partial charge in [0.1, 0.15) is 17.4 Å². The van der Waals surface area contributed by atoms with E-state index in [-0.39, 0.29) is 59.7 Å². The van der Waals surface area contributed by atoms with Crippen molar-refractivity contribution in [2.24, 2.45) is 17.8 Å². The Labute approximate surface area is 355 Å². The molecule has 0 aliphatic heterocycles. The number of pyridine rings is 1. The van der Waals surface area contributed by atoms with Crippen LogP contribution in [0.25, 0.3) is 10.8 Å². The molecule has 0 saturated heterocycles. The smallest absolute Gasteiger partial charge is 0.200 e. The standard InChI is InChI=1S/C49H54N3O9/c1-29(2)28-61-45-23-31(21-43(58)48(45)59)8-15-42(57)47(41(56)14-7-30-6-13-40(55)44(22-30)60-3)49(18-16-39(54)38(49)27-35-5-4-19-50-35)34-17-20-51-46(26-34)52-36-11-9-33-25-37(53)12-10-32(33)24-36/h4-6,9-13,17,19-26,29,38-39,41,47,53-56,58-59H,7-8,14-16,18,27-28H2,1-3H3,(H,51,52)/q-1/t38-,39+,41-,47-,49-/m1/s1. The first-order valence-electron chi connectivity index (χ1n) is 20.8. The van der Waals surface area contributed by atoms with E-state index in [2.05, 4.69) is 15.3 Å². The van der Waals surface area contributed by atoms with Gasteiger partial charge in [-0.25, -0.2) is 4.98 Å². The number of hydrogen-bond donors (Lipinski definition) is 7. The van der Waals surface area contributed by atoms with E-state index in [1.165, 1.54) is 19.2 Å². The fraction of sp³-hybridized carbons (Fsp3) is 0.347. The summed E-state index contributed by atoms with van der Waals surface area (Å²) >= 11 is 0. The van der Waals surface area contributed by atoms with E-state index >= 15 is 4.79 Å². The second-order valence-electron chi connectivity index (χ2n) is 16.6. The summed E-state index contributed by atoms with van der Waals surface area (Å²) in [5, 5.41) is 71.2. The summed E-state index contributed by atoms with van der Waals surface area (Å²) in [4.78, 5) is 24.4. The first kappa shape index (κ1) is 42.9. The van der Waals surface area contributed by atoms with Crippen LogP contribution in [0, 0.1) is 17.8 Å². The fourth-order valence-electron chi connectivity index (χ4n) is 9.07. The van der Waals surface area contributed by atoms with Gasteiger partial charge in [-0.3, -0.25) is 4.79 Å². The maximum atomic E-state index is 15.2. The number of ether oxygens (including phenoxy) is 2. The Morgan fingerprint density at radius 1 is 0.902 bits per heavy atom. The van der Waals surface area contributed by atoms with Crippen molar-refractivity contribution in [3.8, 4) is 34.5 Å². The minimum Gasteiger partial charge on any atom is -0.668 e. The molecule has 0 bridgehead atoms. The van der Waals surface area contributed by atoms with E-state index in [1.54, 1.807) is 42.7 Å². The van der Waals surface area contributed by atoms with Crippen LogP contribution in [0.3, 0.4) is 0 Å². The number of hydrogen-bond acceptors (Lipinski definition) is 11. The number of fused-ring (bicyclic) bond motifs is 1. The summed E-state index contributed by atoms with van der Waals surface area (Å²) in [6, 6.07) is 26.5. The fourth-order valence-corrected chi connectivity index (χ4v) is 9.07. The zero-order valence-corrected chi connectivity index (χ0v) is 34.7. The van der Waals surface area contributed by atoms with Crippen molar-refractivity contribution in [2.75, 3.05) is 19.0 Å². The molecular formula is C49H54N3O9-. The largest absolute Gasteiger partial charge is 0.668 e. The molecule has 6 aromatic rings. The lowest BCUT2D eigenvalue weighted by molar-refractivity contribution is -0.132. The molecule has 61 heavy (non-hydrogen) atoms. The normalized spacial score (nSPS) is 18.6. The number of carbonyl (C=O) groups excluding carboxylic acids is 1. The van der Waals surface area contributed by atoms with Gasteiger partial charge in [0.2, 0.25) is 5.75 Å². The third kappa shape index (κ3) is 9.56. The van der Waals surface area contributed by atoms with Gasteiger partial charge in [0.05, 0.1) is 31.8 Å². The number of aromatic nitrogens is 2. The molecule has 2 aromatic heterocycles. The molecule has 0 amide bonds. The lowest BCUT2D eigenvalue weighted by atomic mass is 9.58. The van der Waals surface area contributed by atoms with Crippen LogP contribution in [0.2, 0.25) is 0 Å². The van der Waals surface area contributed by atoms with Gasteiger partial charge in [-0.1, -0.05) is 44.2 Å². The molecule has 7 rings (SSSR count). The highest BCUT2D eigenvalue weighted by atomic mass is 16.5. The predicted molar refractivity (Wildman–Crippen MR) is 233 cm³/mol. The second kappa shape index (κ2) is 18.6. The minimum absolute atomic E-state index is 0.00849. The maximum absolute atomic E-state index is 15.2. The molecule has 1 aliphatic rings. The van der Waals surface area contributed by atoms with Gasteiger partial charge in [-0.05, 0) is 138 Å². The summed E-state index contributed by atoms with van der Waals surface area (Å²) in [7, 11) is 1.47. The Hall–Kier alpha value is -6.24. The van der Waals surface area contributed by atoms with E-state index in [4.69, 9.17) is 9.47 Å². The number of phenols is 4. The number of Topliss-reactive ketones (excluding diaryl/α,β-unsaturated/α-hetero) is 1. The van der Waals surface area contributed by atoms with Gasteiger partial charge in [0, 0.05) is 23.7 Å². The lowest BCUT2D eigenvalue weighted by Gasteiger charge is -2.45. The Morgan fingerprint density at radius 3 is 2.46 bits per heavy atom. The molecule has 2 heterocycles. The Morgan fingerprint density at radius 2 is 1.69 bits per heavy atom.